The minimum Gasteiger partial charge on any atom is -0.493 e. The van der Waals surface area contributed by atoms with Crippen molar-refractivity contribution in [3.8, 4) is 11.5 Å². The Morgan fingerprint density at radius 2 is 2.00 bits per heavy atom. The van der Waals surface area contributed by atoms with E-state index in [0.717, 1.165) is 30.3 Å². The highest BCUT2D eigenvalue weighted by Crippen LogP contribution is 2.36. The van der Waals surface area contributed by atoms with Crippen molar-refractivity contribution in [2.75, 3.05) is 7.11 Å². The van der Waals surface area contributed by atoms with Gasteiger partial charge in [-0.1, -0.05) is 45.6 Å². The molecule has 1 fully saturated rings. The van der Waals surface area contributed by atoms with Gasteiger partial charge >= 0.3 is 0 Å². The molecular formula is C21H32O2. The Morgan fingerprint density at radius 1 is 1.13 bits per heavy atom. The lowest BCUT2D eigenvalue weighted by Crippen LogP contribution is -1.99. The molecule has 2 heteroatoms. The quantitative estimate of drug-likeness (QED) is 0.393. The minimum atomic E-state index is 0.729. The SMILES string of the molecule is CCCCCC1CCC/C1=C\Oc1ccc(CCC)cc1OC. The molecule has 0 aliphatic heterocycles. The number of methoxy groups -OCH3 is 1. The molecule has 1 aliphatic rings. The maximum atomic E-state index is 5.99. The van der Waals surface area contributed by atoms with Crippen molar-refractivity contribution in [3.63, 3.8) is 0 Å². The van der Waals surface area contributed by atoms with Crippen LogP contribution in [0, 0.1) is 5.92 Å². The lowest BCUT2D eigenvalue weighted by molar-refractivity contribution is 0.374. The first-order valence-corrected chi connectivity index (χ1v) is 9.31. The van der Waals surface area contributed by atoms with Gasteiger partial charge in [-0.05, 0) is 61.3 Å². The van der Waals surface area contributed by atoms with Gasteiger partial charge in [0.1, 0.15) is 0 Å². The summed E-state index contributed by atoms with van der Waals surface area (Å²) in [5.41, 5.74) is 2.79. The highest BCUT2D eigenvalue weighted by atomic mass is 16.5. The molecule has 2 rings (SSSR count). The van der Waals surface area contributed by atoms with E-state index in [0.29, 0.717) is 0 Å². The van der Waals surface area contributed by atoms with Crippen LogP contribution in [0.25, 0.3) is 0 Å². The van der Waals surface area contributed by atoms with Gasteiger partial charge in [-0.3, -0.25) is 0 Å². The molecule has 0 amide bonds. The fourth-order valence-electron chi connectivity index (χ4n) is 3.46. The third-order valence-electron chi connectivity index (χ3n) is 4.80. The summed E-state index contributed by atoms with van der Waals surface area (Å²) in [4.78, 5) is 0. The fourth-order valence-corrected chi connectivity index (χ4v) is 3.46. The Bertz CT molecular complexity index is 505. The summed E-state index contributed by atoms with van der Waals surface area (Å²) in [6.45, 7) is 4.46. The minimum absolute atomic E-state index is 0.729. The van der Waals surface area contributed by atoms with Crippen molar-refractivity contribution in [1.29, 1.82) is 0 Å². The standard InChI is InChI=1S/C21H32O2/c1-4-6-7-10-18-11-8-12-19(18)16-23-20-14-13-17(9-5-2)15-21(20)22-3/h13-16,18H,4-12H2,1-3H3/b19-16+. The summed E-state index contributed by atoms with van der Waals surface area (Å²) in [6, 6.07) is 6.29. The number of aryl methyl sites for hydroxylation is 1. The van der Waals surface area contributed by atoms with Gasteiger partial charge < -0.3 is 9.47 Å². The number of allylic oxidation sites excluding steroid dienone is 1. The molecule has 0 heterocycles. The van der Waals surface area contributed by atoms with Crippen LogP contribution >= 0.6 is 0 Å². The van der Waals surface area contributed by atoms with Crippen molar-refractivity contribution in [3.05, 3.63) is 35.6 Å². The molecular weight excluding hydrogens is 284 g/mol. The molecule has 0 aromatic heterocycles. The molecule has 1 aliphatic carbocycles. The van der Waals surface area contributed by atoms with Crippen LogP contribution in [-0.2, 0) is 6.42 Å². The highest BCUT2D eigenvalue weighted by molar-refractivity contribution is 5.43. The molecule has 2 nitrogen and oxygen atoms in total. The van der Waals surface area contributed by atoms with Gasteiger partial charge in [-0.15, -0.1) is 0 Å². The fraction of sp³-hybridized carbons (Fsp3) is 0.619. The van der Waals surface area contributed by atoms with E-state index < -0.39 is 0 Å². The Kier molecular flexibility index (Phi) is 7.51. The van der Waals surface area contributed by atoms with Crippen LogP contribution in [0.3, 0.4) is 0 Å². The van der Waals surface area contributed by atoms with Crippen molar-refractivity contribution in [2.45, 2.75) is 71.6 Å². The molecule has 0 saturated heterocycles. The van der Waals surface area contributed by atoms with Gasteiger partial charge in [0, 0.05) is 0 Å². The predicted octanol–water partition coefficient (Wildman–Crippen LogP) is 6.29. The summed E-state index contributed by atoms with van der Waals surface area (Å²) in [7, 11) is 1.72. The Hall–Kier alpha value is -1.44. The number of hydrogen-bond donors (Lipinski definition) is 0. The van der Waals surface area contributed by atoms with Gasteiger partial charge in [-0.25, -0.2) is 0 Å². The number of benzene rings is 1. The van der Waals surface area contributed by atoms with E-state index >= 15 is 0 Å². The zero-order valence-electron chi connectivity index (χ0n) is 15.1. The predicted molar refractivity (Wildman–Crippen MR) is 97.2 cm³/mol. The molecule has 1 aromatic rings. The molecule has 0 radical (unpaired) electrons. The molecule has 23 heavy (non-hydrogen) atoms. The summed E-state index contributed by atoms with van der Waals surface area (Å²) >= 11 is 0. The Balaban J connectivity index is 2.00. The first-order chi connectivity index (χ1) is 11.3. The second-order valence-corrected chi connectivity index (χ2v) is 6.63. The van der Waals surface area contributed by atoms with E-state index in [2.05, 4.69) is 26.0 Å². The van der Waals surface area contributed by atoms with Gasteiger partial charge in [-0.2, -0.15) is 0 Å². The maximum absolute atomic E-state index is 5.99. The molecule has 128 valence electrons. The van der Waals surface area contributed by atoms with Crippen LogP contribution in [0.5, 0.6) is 11.5 Å². The number of hydrogen-bond acceptors (Lipinski definition) is 2. The number of unbranched alkanes of at least 4 members (excludes halogenated alkanes) is 2. The summed E-state index contributed by atoms with van der Waals surface area (Å²) in [5.74, 6) is 2.40. The summed E-state index contributed by atoms with van der Waals surface area (Å²) in [5, 5.41) is 0. The second-order valence-electron chi connectivity index (χ2n) is 6.63. The van der Waals surface area contributed by atoms with Crippen molar-refractivity contribution in [2.24, 2.45) is 5.92 Å². The average molecular weight is 316 g/mol. The first kappa shape index (κ1) is 17.9. The van der Waals surface area contributed by atoms with Gasteiger partial charge in [0.05, 0.1) is 13.4 Å². The van der Waals surface area contributed by atoms with E-state index in [1.165, 1.54) is 56.1 Å². The van der Waals surface area contributed by atoms with Crippen LogP contribution in [0.15, 0.2) is 30.0 Å². The van der Waals surface area contributed by atoms with Crippen LogP contribution in [-0.4, -0.2) is 7.11 Å². The molecule has 1 unspecified atom stereocenters. The highest BCUT2D eigenvalue weighted by Gasteiger charge is 2.21. The monoisotopic (exact) mass is 316 g/mol. The van der Waals surface area contributed by atoms with Gasteiger partial charge in [0.2, 0.25) is 0 Å². The number of rotatable bonds is 9. The number of ether oxygens (including phenoxy) is 2. The van der Waals surface area contributed by atoms with Crippen molar-refractivity contribution >= 4 is 0 Å². The zero-order valence-corrected chi connectivity index (χ0v) is 15.1. The molecule has 0 N–H and O–H groups in total. The smallest absolute Gasteiger partial charge is 0.168 e. The first-order valence-electron chi connectivity index (χ1n) is 9.31. The van der Waals surface area contributed by atoms with E-state index in [4.69, 9.17) is 9.47 Å². The average Bonchev–Trinajstić information content (AvgIpc) is 3.01. The third kappa shape index (κ3) is 5.30. The van der Waals surface area contributed by atoms with Crippen molar-refractivity contribution in [1.82, 2.24) is 0 Å². The van der Waals surface area contributed by atoms with Crippen LogP contribution in [0.1, 0.15) is 70.8 Å². The van der Waals surface area contributed by atoms with Crippen molar-refractivity contribution < 1.29 is 9.47 Å². The molecule has 0 spiro atoms. The topological polar surface area (TPSA) is 18.5 Å². The van der Waals surface area contributed by atoms with E-state index in [9.17, 15) is 0 Å². The Labute approximate surface area is 141 Å². The van der Waals surface area contributed by atoms with Crippen LogP contribution in [0.4, 0.5) is 0 Å². The summed E-state index contributed by atoms with van der Waals surface area (Å²) < 4.78 is 11.5. The second kappa shape index (κ2) is 9.64. The maximum Gasteiger partial charge on any atom is 0.168 e. The lowest BCUT2D eigenvalue weighted by atomic mass is 9.96. The van der Waals surface area contributed by atoms with E-state index in [-0.39, 0.29) is 0 Å². The zero-order chi connectivity index (χ0) is 16.5. The molecule has 0 bridgehead atoms. The van der Waals surface area contributed by atoms with E-state index in [1.807, 2.05) is 12.3 Å². The molecule has 1 aromatic carbocycles. The van der Waals surface area contributed by atoms with Crippen LogP contribution in [0.2, 0.25) is 0 Å². The third-order valence-corrected chi connectivity index (χ3v) is 4.80. The Morgan fingerprint density at radius 3 is 2.74 bits per heavy atom. The molecule has 1 saturated carbocycles. The van der Waals surface area contributed by atoms with E-state index in [1.54, 1.807) is 7.11 Å². The lowest BCUT2D eigenvalue weighted by Gasteiger charge is -2.13. The normalized spacial score (nSPS) is 19.3. The molecule has 1 atom stereocenters. The largest absolute Gasteiger partial charge is 0.493 e. The van der Waals surface area contributed by atoms with Gasteiger partial charge in [0.15, 0.2) is 11.5 Å². The summed E-state index contributed by atoms with van der Waals surface area (Å²) in [6.07, 6.45) is 13.3. The van der Waals surface area contributed by atoms with Gasteiger partial charge in [0.25, 0.3) is 0 Å². The van der Waals surface area contributed by atoms with Crippen LogP contribution < -0.4 is 9.47 Å².